The quantitative estimate of drug-likeness (QED) is 0.347. The van der Waals surface area contributed by atoms with Crippen molar-refractivity contribution in [3.63, 3.8) is 0 Å². The molecule has 1 atom stereocenters. The number of aromatic nitrogens is 5. The molecule has 31 heavy (non-hydrogen) atoms. The standard InChI is InChI=1S/C21H31N7O3/c1-3-5-17(8-10-29)31-21-26-19(22)20-25-14-16(28(20)27-21)12-15-6-7-18(24-13-15)30-11-4-9-23-2/h6-7,13-14,17,23,29H,3-5,8-12H2,1-2H3,(H2,22,26,27). The fourth-order valence-corrected chi connectivity index (χ4v) is 3.21. The third-order valence-electron chi connectivity index (χ3n) is 4.78. The SMILES string of the molecule is CCCC(CCO)Oc1nc(N)c2ncc(Cc3ccc(OCCCNC)nc3)n2n1. The molecule has 0 bridgehead atoms. The molecule has 0 aliphatic rings. The fraction of sp³-hybridized carbons (Fsp3) is 0.524. The van der Waals surface area contributed by atoms with Gasteiger partial charge in [-0.1, -0.05) is 19.4 Å². The van der Waals surface area contributed by atoms with Crippen LogP contribution in [0.2, 0.25) is 0 Å². The summed E-state index contributed by atoms with van der Waals surface area (Å²) in [7, 11) is 1.92. The molecule has 0 radical (unpaired) electrons. The minimum atomic E-state index is -0.163. The number of anilines is 1. The van der Waals surface area contributed by atoms with Crippen LogP contribution in [0, 0.1) is 0 Å². The van der Waals surface area contributed by atoms with E-state index in [0.29, 0.717) is 31.0 Å². The molecular weight excluding hydrogens is 398 g/mol. The zero-order valence-corrected chi connectivity index (χ0v) is 18.1. The first kappa shape index (κ1) is 22.7. The highest BCUT2D eigenvalue weighted by molar-refractivity contribution is 5.59. The van der Waals surface area contributed by atoms with Crippen molar-refractivity contribution in [2.45, 2.75) is 45.1 Å². The summed E-state index contributed by atoms with van der Waals surface area (Å²) in [5.41, 5.74) is 8.39. The van der Waals surface area contributed by atoms with E-state index in [2.05, 4.69) is 32.3 Å². The number of aliphatic hydroxyl groups excluding tert-OH is 1. The Balaban J connectivity index is 1.73. The number of rotatable bonds is 13. The molecule has 3 heterocycles. The lowest BCUT2D eigenvalue weighted by Crippen LogP contribution is -2.20. The van der Waals surface area contributed by atoms with Crippen LogP contribution in [0.3, 0.4) is 0 Å². The number of nitrogen functional groups attached to an aromatic ring is 1. The maximum Gasteiger partial charge on any atom is 0.336 e. The van der Waals surface area contributed by atoms with Crippen molar-refractivity contribution < 1.29 is 14.6 Å². The summed E-state index contributed by atoms with van der Waals surface area (Å²) in [5.74, 6) is 0.852. The summed E-state index contributed by atoms with van der Waals surface area (Å²) in [5, 5.41) is 16.8. The molecule has 0 aliphatic heterocycles. The Morgan fingerprint density at radius 3 is 2.81 bits per heavy atom. The molecule has 3 rings (SSSR count). The second-order valence-electron chi connectivity index (χ2n) is 7.29. The number of hydrogen-bond donors (Lipinski definition) is 3. The predicted octanol–water partition coefficient (Wildman–Crippen LogP) is 1.61. The molecule has 10 heteroatoms. The molecule has 0 aromatic carbocycles. The van der Waals surface area contributed by atoms with Gasteiger partial charge >= 0.3 is 6.01 Å². The van der Waals surface area contributed by atoms with Crippen LogP contribution in [0.1, 0.15) is 43.9 Å². The molecule has 0 saturated heterocycles. The van der Waals surface area contributed by atoms with Gasteiger partial charge in [0.15, 0.2) is 11.5 Å². The monoisotopic (exact) mass is 429 g/mol. The summed E-state index contributed by atoms with van der Waals surface area (Å²) in [6.07, 6.45) is 7.08. The molecule has 0 spiro atoms. The number of nitrogens with two attached hydrogens (primary N) is 1. The van der Waals surface area contributed by atoms with Crippen molar-refractivity contribution in [2.24, 2.45) is 0 Å². The molecule has 0 saturated carbocycles. The van der Waals surface area contributed by atoms with Gasteiger partial charge in [-0.05, 0) is 32.0 Å². The number of aliphatic hydroxyl groups is 1. The highest BCUT2D eigenvalue weighted by atomic mass is 16.5. The van der Waals surface area contributed by atoms with E-state index in [-0.39, 0.29) is 24.5 Å². The third-order valence-corrected chi connectivity index (χ3v) is 4.78. The molecule has 0 aliphatic carbocycles. The number of hydrogen-bond acceptors (Lipinski definition) is 9. The smallest absolute Gasteiger partial charge is 0.336 e. The summed E-state index contributed by atoms with van der Waals surface area (Å²) in [6, 6.07) is 4.01. The molecule has 10 nitrogen and oxygen atoms in total. The maximum atomic E-state index is 9.26. The maximum absolute atomic E-state index is 9.26. The van der Waals surface area contributed by atoms with Gasteiger partial charge in [0, 0.05) is 31.7 Å². The van der Waals surface area contributed by atoms with E-state index < -0.39 is 0 Å². The van der Waals surface area contributed by atoms with Crippen LogP contribution in [0.5, 0.6) is 11.9 Å². The number of ether oxygens (including phenoxy) is 2. The Hall–Kier alpha value is -2.98. The molecular formula is C21H31N7O3. The lowest BCUT2D eigenvalue weighted by Gasteiger charge is -2.16. The Kier molecular flexibility index (Phi) is 8.36. The first-order chi connectivity index (χ1) is 15.1. The van der Waals surface area contributed by atoms with E-state index >= 15 is 0 Å². The lowest BCUT2D eigenvalue weighted by atomic mass is 10.1. The predicted molar refractivity (Wildman–Crippen MR) is 117 cm³/mol. The summed E-state index contributed by atoms with van der Waals surface area (Å²) >= 11 is 0. The first-order valence-corrected chi connectivity index (χ1v) is 10.6. The first-order valence-electron chi connectivity index (χ1n) is 10.6. The van der Waals surface area contributed by atoms with Gasteiger partial charge in [0.2, 0.25) is 5.88 Å². The molecule has 168 valence electrons. The van der Waals surface area contributed by atoms with Crippen LogP contribution < -0.4 is 20.5 Å². The number of imidazole rings is 1. The van der Waals surface area contributed by atoms with Crippen molar-refractivity contribution in [3.8, 4) is 11.9 Å². The van der Waals surface area contributed by atoms with E-state index in [9.17, 15) is 5.11 Å². The highest BCUT2D eigenvalue weighted by Gasteiger charge is 2.16. The third kappa shape index (κ3) is 6.25. The zero-order valence-electron chi connectivity index (χ0n) is 18.1. The molecule has 0 fully saturated rings. The van der Waals surface area contributed by atoms with E-state index in [1.54, 1.807) is 16.9 Å². The largest absolute Gasteiger partial charge is 0.478 e. The second kappa shape index (κ2) is 11.4. The average molecular weight is 430 g/mol. The van der Waals surface area contributed by atoms with Gasteiger partial charge in [0.1, 0.15) is 6.10 Å². The van der Waals surface area contributed by atoms with Gasteiger partial charge < -0.3 is 25.6 Å². The van der Waals surface area contributed by atoms with Gasteiger partial charge in [0.25, 0.3) is 0 Å². The van der Waals surface area contributed by atoms with Crippen LogP contribution in [0.4, 0.5) is 5.82 Å². The van der Waals surface area contributed by atoms with E-state index in [1.807, 2.05) is 19.2 Å². The van der Waals surface area contributed by atoms with E-state index in [1.165, 1.54) is 0 Å². The van der Waals surface area contributed by atoms with Crippen LogP contribution >= 0.6 is 0 Å². The van der Waals surface area contributed by atoms with E-state index in [4.69, 9.17) is 15.2 Å². The minimum absolute atomic E-state index is 0.0426. The van der Waals surface area contributed by atoms with Crippen molar-refractivity contribution >= 4 is 11.5 Å². The van der Waals surface area contributed by atoms with Crippen LogP contribution in [0.15, 0.2) is 24.5 Å². The van der Waals surface area contributed by atoms with Gasteiger partial charge in [-0.3, -0.25) is 0 Å². The van der Waals surface area contributed by atoms with Crippen molar-refractivity contribution in [3.05, 3.63) is 35.8 Å². The Bertz CT molecular complexity index is 940. The number of nitrogens with zero attached hydrogens (tertiary/aromatic N) is 5. The van der Waals surface area contributed by atoms with Crippen molar-refractivity contribution in [1.29, 1.82) is 0 Å². The molecule has 4 N–H and O–H groups in total. The Morgan fingerprint density at radius 1 is 1.23 bits per heavy atom. The number of pyridine rings is 1. The second-order valence-corrected chi connectivity index (χ2v) is 7.29. The zero-order chi connectivity index (χ0) is 22.1. The number of fused-ring (bicyclic) bond motifs is 1. The highest BCUT2D eigenvalue weighted by Crippen LogP contribution is 2.19. The van der Waals surface area contributed by atoms with Crippen LogP contribution in [-0.4, -0.2) is 62.6 Å². The Morgan fingerprint density at radius 2 is 2.10 bits per heavy atom. The minimum Gasteiger partial charge on any atom is -0.478 e. The summed E-state index contributed by atoms with van der Waals surface area (Å²) < 4.78 is 13.2. The Labute approximate surface area is 181 Å². The lowest BCUT2D eigenvalue weighted by molar-refractivity contribution is 0.133. The van der Waals surface area contributed by atoms with Crippen LogP contribution in [-0.2, 0) is 6.42 Å². The topological polar surface area (TPSA) is 133 Å². The van der Waals surface area contributed by atoms with Gasteiger partial charge in [-0.25, -0.2) is 14.5 Å². The fourth-order valence-electron chi connectivity index (χ4n) is 3.21. The normalized spacial score (nSPS) is 12.2. The summed E-state index contributed by atoms with van der Waals surface area (Å²) in [4.78, 5) is 12.9. The molecule has 3 aromatic rings. The average Bonchev–Trinajstić information content (AvgIpc) is 3.16. The number of nitrogens with one attached hydrogen (secondary N) is 1. The van der Waals surface area contributed by atoms with Crippen molar-refractivity contribution in [2.75, 3.05) is 32.5 Å². The van der Waals surface area contributed by atoms with Gasteiger partial charge in [0.05, 0.1) is 18.5 Å². The summed E-state index contributed by atoms with van der Waals surface area (Å²) in [6.45, 7) is 3.63. The van der Waals surface area contributed by atoms with Crippen molar-refractivity contribution in [1.82, 2.24) is 29.9 Å². The van der Waals surface area contributed by atoms with Crippen LogP contribution in [0.25, 0.3) is 5.65 Å². The molecule has 1 unspecified atom stereocenters. The molecule has 0 amide bonds. The van der Waals surface area contributed by atoms with Gasteiger partial charge in [-0.15, -0.1) is 5.10 Å². The van der Waals surface area contributed by atoms with Gasteiger partial charge in [-0.2, -0.15) is 4.98 Å². The van der Waals surface area contributed by atoms with E-state index in [0.717, 1.165) is 37.1 Å². The molecule has 3 aromatic heterocycles.